The molecule has 3 heterocycles. The number of ether oxygens (including phenoxy) is 1. The summed E-state index contributed by atoms with van der Waals surface area (Å²) < 4.78 is 7.40. The largest absolute Gasteiger partial charge is 0.457 e. The Morgan fingerprint density at radius 2 is 1.86 bits per heavy atom. The first-order valence-electron chi connectivity index (χ1n) is 11.8. The number of nitrogens with one attached hydrogen (secondary N) is 1. The molecule has 2 amide bonds. The molecule has 1 atom stereocenters. The average Bonchev–Trinajstić information content (AvgIpc) is 3.29. The standard InChI is InChI=1S/C26H27ClN6O3/c1-2-22(34)32-14-12-31(13-15-32)21-10-11-29-24-23(21)30-33(25(24)26(28)35)20-9-8-18(16-19(20)27)36-17-6-4-3-5-7-17/h2-9,16,21,29H,1,10-15H2,(H2,28,35). The van der Waals surface area contributed by atoms with Gasteiger partial charge in [0.15, 0.2) is 5.69 Å². The lowest BCUT2D eigenvalue weighted by molar-refractivity contribution is -0.128. The van der Waals surface area contributed by atoms with Gasteiger partial charge in [-0.25, -0.2) is 4.68 Å². The number of benzene rings is 2. The van der Waals surface area contributed by atoms with E-state index in [4.69, 9.17) is 27.2 Å². The zero-order valence-corrected chi connectivity index (χ0v) is 20.4. The number of fused-ring (bicyclic) bond motifs is 1. The van der Waals surface area contributed by atoms with Gasteiger partial charge in [-0.2, -0.15) is 5.10 Å². The van der Waals surface area contributed by atoms with Gasteiger partial charge in [-0.3, -0.25) is 14.5 Å². The molecule has 0 radical (unpaired) electrons. The van der Waals surface area contributed by atoms with Gasteiger partial charge >= 0.3 is 0 Å². The predicted octanol–water partition coefficient (Wildman–Crippen LogP) is 3.60. The maximum Gasteiger partial charge on any atom is 0.269 e. The van der Waals surface area contributed by atoms with E-state index in [0.29, 0.717) is 60.6 Å². The third-order valence-electron chi connectivity index (χ3n) is 6.55. The van der Waals surface area contributed by atoms with E-state index in [0.717, 1.165) is 12.1 Å². The van der Waals surface area contributed by atoms with Gasteiger partial charge in [0, 0.05) is 38.8 Å². The van der Waals surface area contributed by atoms with Crippen LogP contribution in [0, 0.1) is 0 Å². The Bertz CT molecular complexity index is 1300. The van der Waals surface area contributed by atoms with Crippen LogP contribution < -0.4 is 15.8 Å². The molecule has 186 valence electrons. The molecular weight excluding hydrogens is 480 g/mol. The molecule has 10 heteroatoms. The van der Waals surface area contributed by atoms with Gasteiger partial charge in [0.2, 0.25) is 5.91 Å². The van der Waals surface area contributed by atoms with Gasteiger partial charge < -0.3 is 20.7 Å². The first kappa shape index (κ1) is 23.9. The number of piperazine rings is 1. The van der Waals surface area contributed by atoms with E-state index in [2.05, 4.69) is 16.8 Å². The normalized spacial score (nSPS) is 17.7. The van der Waals surface area contributed by atoms with E-state index in [1.54, 1.807) is 23.1 Å². The Balaban J connectivity index is 1.45. The quantitative estimate of drug-likeness (QED) is 0.495. The summed E-state index contributed by atoms with van der Waals surface area (Å²) >= 11 is 6.65. The summed E-state index contributed by atoms with van der Waals surface area (Å²) in [6, 6.07) is 14.6. The predicted molar refractivity (Wildman–Crippen MR) is 138 cm³/mol. The van der Waals surface area contributed by atoms with Gasteiger partial charge in [0.05, 0.1) is 22.4 Å². The Labute approximate surface area is 214 Å². The fourth-order valence-electron chi connectivity index (χ4n) is 4.80. The Hall–Kier alpha value is -3.82. The lowest BCUT2D eigenvalue weighted by Crippen LogP contribution is -2.50. The molecule has 3 aromatic rings. The van der Waals surface area contributed by atoms with Gasteiger partial charge in [-0.05, 0) is 36.8 Å². The van der Waals surface area contributed by atoms with E-state index in [9.17, 15) is 9.59 Å². The minimum atomic E-state index is -0.598. The highest BCUT2D eigenvalue weighted by Gasteiger charge is 2.35. The van der Waals surface area contributed by atoms with Gasteiger partial charge in [-0.1, -0.05) is 36.4 Å². The summed E-state index contributed by atoms with van der Waals surface area (Å²) in [5.41, 5.74) is 7.98. The molecule has 1 fully saturated rings. The molecule has 3 N–H and O–H groups in total. The van der Waals surface area contributed by atoms with Gasteiger partial charge in [-0.15, -0.1) is 0 Å². The monoisotopic (exact) mass is 506 g/mol. The Morgan fingerprint density at radius 3 is 2.53 bits per heavy atom. The molecule has 0 aliphatic carbocycles. The number of para-hydroxylation sites is 1. The molecule has 5 rings (SSSR count). The van der Waals surface area contributed by atoms with E-state index in [-0.39, 0.29) is 17.6 Å². The van der Waals surface area contributed by atoms with Crippen LogP contribution in [-0.2, 0) is 4.79 Å². The fourth-order valence-corrected chi connectivity index (χ4v) is 5.05. The maximum absolute atomic E-state index is 12.6. The minimum Gasteiger partial charge on any atom is -0.457 e. The number of amides is 2. The SMILES string of the molecule is C=CC(=O)N1CCN(C2CCNc3c2nn(-c2ccc(Oc4ccccc4)cc2Cl)c3C(N)=O)CC1. The first-order valence-corrected chi connectivity index (χ1v) is 12.2. The molecular formula is C26H27ClN6O3. The van der Waals surface area contributed by atoms with Crippen molar-refractivity contribution < 1.29 is 14.3 Å². The zero-order chi connectivity index (χ0) is 25.2. The highest BCUT2D eigenvalue weighted by Crippen LogP contribution is 2.38. The fraction of sp³-hybridized carbons (Fsp3) is 0.269. The van der Waals surface area contributed by atoms with Crippen molar-refractivity contribution in [1.29, 1.82) is 0 Å². The molecule has 1 saturated heterocycles. The number of nitrogens with zero attached hydrogens (tertiary/aromatic N) is 4. The number of aromatic nitrogens is 2. The number of rotatable bonds is 6. The van der Waals surface area contributed by atoms with Crippen LogP contribution >= 0.6 is 11.6 Å². The third kappa shape index (κ3) is 4.55. The van der Waals surface area contributed by atoms with Crippen LogP contribution in [0.2, 0.25) is 5.02 Å². The summed E-state index contributed by atoms with van der Waals surface area (Å²) in [5.74, 6) is 0.598. The van der Waals surface area contributed by atoms with Gasteiger partial charge in [0.25, 0.3) is 5.91 Å². The molecule has 0 spiro atoms. The molecule has 0 saturated carbocycles. The summed E-state index contributed by atoms with van der Waals surface area (Å²) in [6.07, 6.45) is 2.16. The van der Waals surface area contributed by atoms with Crippen LogP contribution in [0.15, 0.2) is 61.2 Å². The third-order valence-corrected chi connectivity index (χ3v) is 6.85. The molecule has 1 unspecified atom stereocenters. The van der Waals surface area contributed by atoms with Crippen molar-refractivity contribution in [3.05, 3.63) is 77.6 Å². The van der Waals surface area contributed by atoms with Crippen LogP contribution in [0.3, 0.4) is 0 Å². The Kier molecular flexibility index (Phi) is 6.67. The molecule has 2 aliphatic heterocycles. The van der Waals surface area contributed by atoms with Crippen LogP contribution in [0.1, 0.15) is 28.6 Å². The van der Waals surface area contributed by atoms with E-state index in [1.807, 2.05) is 30.3 Å². The van der Waals surface area contributed by atoms with Crippen molar-refractivity contribution in [3.8, 4) is 17.2 Å². The molecule has 9 nitrogen and oxygen atoms in total. The summed E-state index contributed by atoms with van der Waals surface area (Å²) in [4.78, 5) is 28.6. The molecule has 1 aromatic heterocycles. The van der Waals surface area contributed by atoms with Crippen molar-refractivity contribution in [3.63, 3.8) is 0 Å². The number of anilines is 1. The van der Waals surface area contributed by atoms with Crippen molar-refractivity contribution in [1.82, 2.24) is 19.6 Å². The number of primary amides is 1. The zero-order valence-electron chi connectivity index (χ0n) is 19.7. The number of carbonyl (C=O) groups excluding carboxylic acids is 2. The van der Waals surface area contributed by atoms with Crippen LogP contribution in [0.25, 0.3) is 5.69 Å². The number of carbonyl (C=O) groups is 2. The van der Waals surface area contributed by atoms with Crippen LogP contribution in [-0.4, -0.2) is 64.1 Å². The number of halogens is 1. The summed E-state index contributed by atoms with van der Waals surface area (Å²) in [6.45, 7) is 6.88. The summed E-state index contributed by atoms with van der Waals surface area (Å²) in [5, 5.41) is 8.52. The highest BCUT2D eigenvalue weighted by molar-refractivity contribution is 6.32. The summed E-state index contributed by atoms with van der Waals surface area (Å²) in [7, 11) is 0. The maximum atomic E-state index is 12.6. The van der Waals surface area contributed by atoms with Crippen molar-refractivity contribution in [2.24, 2.45) is 5.73 Å². The van der Waals surface area contributed by atoms with Crippen LogP contribution in [0.5, 0.6) is 11.5 Å². The lowest BCUT2D eigenvalue weighted by Gasteiger charge is -2.40. The molecule has 0 bridgehead atoms. The number of nitrogens with two attached hydrogens (primary N) is 1. The number of hydrogen-bond donors (Lipinski definition) is 2. The first-order chi connectivity index (χ1) is 17.5. The van der Waals surface area contributed by atoms with Crippen molar-refractivity contribution >= 4 is 29.1 Å². The van der Waals surface area contributed by atoms with Crippen molar-refractivity contribution in [2.75, 3.05) is 38.0 Å². The lowest BCUT2D eigenvalue weighted by atomic mass is 10.0. The second-order valence-electron chi connectivity index (χ2n) is 8.71. The number of hydrogen-bond acceptors (Lipinski definition) is 6. The molecule has 36 heavy (non-hydrogen) atoms. The highest BCUT2D eigenvalue weighted by atomic mass is 35.5. The van der Waals surface area contributed by atoms with E-state index in [1.165, 1.54) is 10.8 Å². The minimum absolute atomic E-state index is 0.0129. The topological polar surface area (TPSA) is 106 Å². The van der Waals surface area contributed by atoms with Crippen LogP contribution in [0.4, 0.5) is 5.69 Å². The second-order valence-corrected chi connectivity index (χ2v) is 9.12. The Morgan fingerprint density at radius 1 is 1.11 bits per heavy atom. The van der Waals surface area contributed by atoms with Gasteiger partial charge in [0.1, 0.15) is 17.2 Å². The average molecular weight is 507 g/mol. The molecule has 2 aromatic carbocycles. The molecule has 2 aliphatic rings. The van der Waals surface area contributed by atoms with Crippen molar-refractivity contribution in [2.45, 2.75) is 12.5 Å². The second kappa shape index (κ2) is 10.0. The smallest absolute Gasteiger partial charge is 0.269 e. The van der Waals surface area contributed by atoms with E-state index >= 15 is 0 Å². The van der Waals surface area contributed by atoms with E-state index < -0.39 is 5.91 Å².